The van der Waals surface area contributed by atoms with Gasteiger partial charge in [0.1, 0.15) is 12.6 Å². The summed E-state index contributed by atoms with van der Waals surface area (Å²) in [5.41, 5.74) is 1.84. The second kappa shape index (κ2) is 13.7. The second-order valence-electron chi connectivity index (χ2n) is 10.4. The van der Waals surface area contributed by atoms with E-state index >= 15 is 0 Å². The first-order valence-corrected chi connectivity index (χ1v) is 15.9. The highest BCUT2D eigenvalue weighted by atomic mass is 35.5. The summed E-state index contributed by atoms with van der Waals surface area (Å²) in [6.45, 7) is 3.02. The lowest BCUT2D eigenvalue weighted by Crippen LogP contribution is -2.53. The van der Waals surface area contributed by atoms with E-state index in [1.165, 1.54) is 17.0 Å². The minimum absolute atomic E-state index is 0.00129. The molecule has 7 nitrogen and oxygen atoms in total. The number of rotatable bonds is 10. The van der Waals surface area contributed by atoms with Gasteiger partial charge in [0.2, 0.25) is 11.8 Å². The van der Waals surface area contributed by atoms with Crippen LogP contribution in [0.25, 0.3) is 0 Å². The Morgan fingerprint density at radius 2 is 1.61 bits per heavy atom. The zero-order valence-corrected chi connectivity index (χ0v) is 25.6. The predicted molar refractivity (Wildman–Crippen MR) is 164 cm³/mol. The Bertz CT molecular complexity index is 1460. The van der Waals surface area contributed by atoms with Crippen LogP contribution in [0.3, 0.4) is 0 Å². The van der Waals surface area contributed by atoms with Crippen LogP contribution in [0.1, 0.15) is 50.2 Å². The molecule has 0 aliphatic heterocycles. The van der Waals surface area contributed by atoms with Gasteiger partial charge in [-0.1, -0.05) is 84.4 Å². The number of aryl methyl sites for hydroxylation is 1. The molecule has 218 valence electrons. The molecule has 0 saturated heterocycles. The minimum Gasteiger partial charge on any atom is -0.352 e. The zero-order valence-electron chi connectivity index (χ0n) is 23.2. The number of hydrogen-bond acceptors (Lipinski definition) is 4. The Kier molecular flexibility index (Phi) is 10.3. The molecule has 0 unspecified atom stereocenters. The van der Waals surface area contributed by atoms with E-state index in [1.54, 1.807) is 67.6 Å². The Labute approximate surface area is 252 Å². The Hall–Kier alpha value is -3.07. The number of benzene rings is 3. The fraction of sp³-hybridized carbons (Fsp3) is 0.355. The number of para-hydroxylation sites is 1. The normalized spacial score (nSPS) is 14.7. The van der Waals surface area contributed by atoms with Crippen molar-refractivity contribution in [2.75, 3.05) is 10.8 Å². The van der Waals surface area contributed by atoms with E-state index < -0.39 is 28.5 Å². The van der Waals surface area contributed by atoms with Crippen molar-refractivity contribution in [1.82, 2.24) is 10.2 Å². The molecule has 1 aliphatic carbocycles. The van der Waals surface area contributed by atoms with Crippen LogP contribution in [0.2, 0.25) is 10.0 Å². The molecule has 1 aliphatic rings. The maximum atomic E-state index is 14.1. The number of nitrogens with zero attached hydrogens (tertiary/aromatic N) is 2. The first-order valence-electron chi connectivity index (χ1n) is 13.7. The van der Waals surface area contributed by atoms with Crippen LogP contribution < -0.4 is 9.62 Å². The topological polar surface area (TPSA) is 86.8 Å². The maximum Gasteiger partial charge on any atom is 0.264 e. The third-order valence-electron chi connectivity index (χ3n) is 7.41. The number of sulfonamides is 1. The molecule has 1 N–H and O–H groups in total. The summed E-state index contributed by atoms with van der Waals surface area (Å²) < 4.78 is 28.8. The first kappa shape index (κ1) is 30.9. The maximum absolute atomic E-state index is 14.1. The SMILES string of the molecule is Cc1ccc(S(=O)(=O)N(CC(=O)N(Cc2ccc(Cl)cc2Cl)[C@@H](C)C(=O)NC2CCCCC2)c2ccccc2)cc1. The van der Waals surface area contributed by atoms with Crippen LogP contribution >= 0.6 is 23.2 Å². The van der Waals surface area contributed by atoms with Gasteiger partial charge in [0.15, 0.2) is 0 Å². The van der Waals surface area contributed by atoms with E-state index in [1.807, 2.05) is 6.92 Å². The van der Waals surface area contributed by atoms with Crippen LogP contribution in [0.4, 0.5) is 5.69 Å². The Morgan fingerprint density at radius 1 is 0.951 bits per heavy atom. The smallest absolute Gasteiger partial charge is 0.264 e. The summed E-state index contributed by atoms with van der Waals surface area (Å²) in [7, 11) is -4.11. The molecule has 2 amide bonds. The lowest BCUT2D eigenvalue weighted by atomic mass is 9.95. The molecule has 0 heterocycles. The third-order valence-corrected chi connectivity index (χ3v) is 9.78. The lowest BCUT2D eigenvalue weighted by molar-refractivity contribution is -0.139. The highest BCUT2D eigenvalue weighted by molar-refractivity contribution is 7.92. The van der Waals surface area contributed by atoms with Crippen LogP contribution in [0.15, 0.2) is 77.7 Å². The van der Waals surface area contributed by atoms with Crippen LogP contribution in [0, 0.1) is 6.92 Å². The second-order valence-corrected chi connectivity index (χ2v) is 13.1. The number of nitrogens with one attached hydrogen (secondary N) is 1. The highest BCUT2D eigenvalue weighted by Crippen LogP contribution is 2.27. The molecule has 1 fully saturated rings. The molecule has 3 aromatic rings. The van der Waals surface area contributed by atoms with E-state index in [4.69, 9.17) is 23.2 Å². The summed E-state index contributed by atoms with van der Waals surface area (Å²) in [6.07, 6.45) is 5.03. The molecule has 3 aromatic carbocycles. The van der Waals surface area contributed by atoms with Crippen molar-refractivity contribution < 1.29 is 18.0 Å². The van der Waals surface area contributed by atoms with Crippen LogP contribution in [-0.2, 0) is 26.2 Å². The van der Waals surface area contributed by atoms with Crippen LogP contribution in [-0.4, -0.2) is 43.8 Å². The van der Waals surface area contributed by atoms with Crippen molar-refractivity contribution in [3.05, 3.63) is 94.0 Å². The molecular weight excluding hydrogens is 581 g/mol. The Morgan fingerprint density at radius 3 is 2.24 bits per heavy atom. The summed E-state index contributed by atoms with van der Waals surface area (Å²) in [6, 6.07) is 19.1. The van der Waals surface area contributed by atoms with Gasteiger partial charge in [-0.25, -0.2) is 8.42 Å². The Balaban J connectivity index is 1.67. The van der Waals surface area contributed by atoms with Gasteiger partial charge in [0, 0.05) is 22.6 Å². The summed E-state index contributed by atoms with van der Waals surface area (Å²) in [5, 5.41) is 3.88. The number of carbonyl (C=O) groups excluding carboxylic acids is 2. The summed E-state index contributed by atoms with van der Waals surface area (Å²) in [4.78, 5) is 28.9. The van der Waals surface area contributed by atoms with Crippen molar-refractivity contribution in [1.29, 1.82) is 0 Å². The lowest BCUT2D eigenvalue weighted by Gasteiger charge is -2.33. The fourth-order valence-electron chi connectivity index (χ4n) is 4.95. The standard InChI is InChI=1S/C31H35Cl2N3O4S/c1-22-13-17-28(18-14-22)41(39,40)36(27-11-7-4-8-12-27)21-30(37)35(20-24-15-16-25(32)19-29(24)33)23(2)31(38)34-26-9-5-3-6-10-26/h4,7-8,11-19,23,26H,3,5-6,9-10,20-21H2,1-2H3,(H,34,38)/t23-/m0/s1. The van der Waals surface area contributed by atoms with Gasteiger partial charge in [-0.2, -0.15) is 0 Å². The molecule has 41 heavy (non-hydrogen) atoms. The van der Waals surface area contributed by atoms with Gasteiger partial charge in [-0.3, -0.25) is 13.9 Å². The average Bonchev–Trinajstić information content (AvgIpc) is 2.96. The van der Waals surface area contributed by atoms with Crippen molar-refractivity contribution in [3.63, 3.8) is 0 Å². The molecule has 0 radical (unpaired) electrons. The number of carbonyl (C=O) groups is 2. The molecule has 0 spiro atoms. The van der Waals surface area contributed by atoms with E-state index in [0.29, 0.717) is 21.3 Å². The van der Waals surface area contributed by atoms with Gasteiger partial charge in [-0.05, 0) is 68.7 Å². The summed E-state index contributed by atoms with van der Waals surface area (Å²) in [5.74, 6) is -0.829. The minimum atomic E-state index is -4.11. The fourth-order valence-corrected chi connectivity index (χ4v) is 6.83. The van der Waals surface area contributed by atoms with Crippen LogP contribution in [0.5, 0.6) is 0 Å². The molecule has 0 aromatic heterocycles. The van der Waals surface area contributed by atoms with E-state index in [-0.39, 0.29) is 23.4 Å². The molecule has 1 atom stereocenters. The molecular formula is C31H35Cl2N3O4S. The van der Waals surface area contributed by atoms with E-state index in [9.17, 15) is 18.0 Å². The number of hydrogen-bond donors (Lipinski definition) is 1. The molecule has 0 bridgehead atoms. The van der Waals surface area contributed by atoms with Gasteiger partial charge < -0.3 is 10.2 Å². The van der Waals surface area contributed by atoms with Gasteiger partial charge >= 0.3 is 0 Å². The highest BCUT2D eigenvalue weighted by Gasteiger charge is 2.33. The number of anilines is 1. The molecule has 1 saturated carbocycles. The van der Waals surface area contributed by atoms with Crippen molar-refractivity contribution in [3.8, 4) is 0 Å². The van der Waals surface area contributed by atoms with Crippen molar-refractivity contribution in [2.45, 2.75) is 69.5 Å². The van der Waals surface area contributed by atoms with E-state index in [2.05, 4.69) is 5.32 Å². The zero-order chi connectivity index (χ0) is 29.6. The largest absolute Gasteiger partial charge is 0.352 e. The summed E-state index contributed by atoms with van der Waals surface area (Å²) >= 11 is 12.5. The van der Waals surface area contributed by atoms with E-state index in [0.717, 1.165) is 42.0 Å². The third kappa shape index (κ3) is 7.82. The first-order chi connectivity index (χ1) is 19.6. The van der Waals surface area contributed by atoms with Gasteiger partial charge in [0.05, 0.1) is 10.6 Å². The van der Waals surface area contributed by atoms with Crippen molar-refractivity contribution in [2.24, 2.45) is 0 Å². The monoisotopic (exact) mass is 615 g/mol. The predicted octanol–water partition coefficient (Wildman–Crippen LogP) is 6.36. The average molecular weight is 617 g/mol. The quantitative estimate of drug-likeness (QED) is 0.287. The molecule has 10 heteroatoms. The molecule has 4 rings (SSSR count). The number of amides is 2. The number of halogens is 2. The van der Waals surface area contributed by atoms with Gasteiger partial charge in [-0.15, -0.1) is 0 Å². The van der Waals surface area contributed by atoms with Crippen molar-refractivity contribution >= 4 is 50.7 Å². The van der Waals surface area contributed by atoms with Gasteiger partial charge in [0.25, 0.3) is 10.0 Å².